The summed E-state index contributed by atoms with van der Waals surface area (Å²) in [6.45, 7) is 3.65. The monoisotopic (exact) mass is 368 g/mol. The molecule has 26 heavy (non-hydrogen) atoms. The SMILES string of the molecule is CCOC(=O)CCNC(=O)N1CCC[C@@H](CCc2ccc(F)c(F)c2)C1. The van der Waals surface area contributed by atoms with Crippen LogP contribution >= 0.6 is 0 Å². The number of likely N-dealkylation sites (tertiary alicyclic amines) is 1. The third-order valence-corrected chi connectivity index (χ3v) is 4.54. The van der Waals surface area contributed by atoms with Crippen LogP contribution in [0.4, 0.5) is 13.6 Å². The molecule has 0 spiro atoms. The van der Waals surface area contributed by atoms with E-state index >= 15 is 0 Å². The molecule has 1 heterocycles. The predicted octanol–water partition coefficient (Wildman–Crippen LogP) is 3.27. The Morgan fingerprint density at radius 2 is 2.12 bits per heavy atom. The van der Waals surface area contributed by atoms with E-state index in [1.807, 2.05) is 0 Å². The van der Waals surface area contributed by atoms with E-state index in [1.54, 1.807) is 17.9 Å². The number of esters is 1. The quantitative estimate of drug-likeness (QED) is 0.752. The highest BCUT2D eigenvalue weighted by Crippen LogP contribution is 2.22. The van der Waals surface area contributed by atoms with Gasteiger partial charge >= 0.3 is 12.0 Å². The van der Waals surface area contributed by atoms with Crippen LogP contribution < -0.4 is 5.32 Å². The summed E-state index contributed by atoms with van der Waals surface area (Å²) < 4.78 is 31.1. The number of nitrogens with zero attached hydrogens (tertiary/aromatic N) is 1. The Kier molecular flexibility index (Phi) is 7.81. The minimum atomic E-state index is -0.836. The molecule has 1 atom stereocenters. The molecule has 7 heteroatoms. The second kappa shape index (κ2) is 10.1. The fraction of sp³-hybridized carbons (Fsp3) is 0.579. The summed E-state index contributed by atoms with van der Waals surface area (Å²) in [4.78, 5) is 25.2. The van der Waals surface area contributed by atoms with E-state index in [2.05, 4.69) is 5.32 Å². The Morgan fingerprint density at radius 3 is 2.85 bits per heavy atom. The number of piperidine rings is 1. The molecule has 1 aromatic carbocycles. The van der Waals surface area contributed by atoms with Crippen molar-refractivity contribution in [3.05, 3.63) is 35.4 Å². The van der Waals surface area contributed by atoms with E-state index in [1.165, 1.54) is 6.07 Å². The molecule has 2 amide bonds. The smallest absolute Gasteiger partial charge is 0.317 e. The van der Waals surface area contributed by atoms with Crippen LogP contribution in [-0.2, 0) is 16.0 Å². The van der Waals surface area contributed by atoms with E-state index < -0.39 is 11.6 Å². The van der Waals surface area contributed by atoms with Gasteiger partial charge in [-0.15, -0.1) is 0 Å². The number of hydrogen-bond donors (Lipinski definition) is 1. The first-order valence-electron chi connectivity index (χ1n) is 9.12. The molecule has 0 unspecified atom stereocenters. The van der Waals surface area contributed by atoms with Crippen molar-refractivity contribution in [2.24, 2.45) is 5.92 Å². The maximum Gasteiger partial charge on any atom is 0.317 e. The van der Waals surface area contributed by atoms with Crippen molar-refractivity contribution < 1.29 is 23.1 Å². The molecule has 0 aromatic heterocycles. The van der Waals surface area contributed by atoms with Crippen LogP contribution in [0.15, 0.2) is 18.2 Å². The number of halogens is 2. The van der Waals surface area contributed by atoms with E-state index in [0.29, 0.717) is 32.0 Å². The van der Waals surface area contributed by atoms with Gasteiger partial charge in [0.1, 0.15) is 0 Å². The molecule has 0 saturated carbocycles. The Morgan fingerprint density at radius 1 is 1.31 bits per heavy atom. The third-order valence-electron chi connectivity index (χ3n) is 4.54. The van der Waals surface area contributed by atoms with Gasteiger partial charge in [0.2, 0.25) is 0 Å². The fourth-order valence-corrected chi connectivity index (χ4v) is 3.17. The molecule has 1 aromatic rings. The standard InChI is InChI=1S/C19H26F2N2O3/c1-2-26-18(24)9-10-22-19(25)23-11-3-4-15(13-23)6-5-14-7-8-16(20)17(21)12-14/h7-8,12,15H,2-6,9-11,13H2,1H3,(H,22,25)/t15-/m0/s1. The van der Waals surface area contributed by atoms with E-state index in [9.17, 15) is 18.4 Å². The third kappa shape index (κ3) is 6.28. The number of benzene rings is 1. The molecule has 1 saturated heterocycles. The minimum absolute atomic E-state index is 0.160. The van der Waals surface area contributed by atoms with Crippen molar-refractivity contribution in [3.8, 4) is 0 Å². The molecule has 1 fully saturated rings. The zero-order chi connectivity index (χ0) is 18.9. The summed E-state index contributed by atoms with van der Waals surface area (Å²) in [6, 6.07) is 3.81. The van der Waals surface area contributed by atoms with Gasteiger partial charge in [0, 0.05) is 19.6 Å². The van der Waals surface area contributed by atoms with Gasteiger partial charge in [-0.05, 0) is 56.2 Å². The second-order valence-electron chi connectivity index (χ2n) is 6.53. The van der Waals surface area contributed by atoms with Crippen molar-refractivity contribution in [2.75, 3.05) is 26.2 Å². The second-order valence-corrected chi connectivity index (χ2v) is 6.53. The van der Waals surface area contributed by atoms with Crippen LogP contribution in [0.2, 0.25) is 0 Å². The maximum absolute atomic E-state index is 13.3. The predicted molar refractivity (Wildman–Crippen MR) is 93.6 cm³/mol. The number of aryl methyl sites for hydroxylation is 1. The first-order chi connectivity index (χ1) is 12.5. The summed E-state index contributed by atoms with van der Waals surface area (Å²) in [5.74, 6) is -1.66. The van der Waals surface area contributed by atoms with Crippen LogP contribution in [0.25, 0.3) is 0 Å². The summed E-state index contributed by atoms with van der Waals surface area (Å²) in [5, 5.41) is 2.74. The lowest BCUT2D eigenvalue weighted by Crippen LogP contribution is -2.46. The molecule has 5 nitrogen and oxygen atoms in total. The van der Waals surface area contributed by atoms with Crippen LogP contribution in [-0.4, -0.2) is 43.1 Å². The first kappa shape index (κ1) is 20.1. The summed E-state index contributed by atoms with van der Waals surface area (Å²) in [7, 11) is 0. The molecule has 2 rings (SSSR count). The minimum Gasteiger partial charge on any atom is -0.466 e. The van der Waals surface area contributed by atoms with Crippen molar-refractivity contribution in [1.82, 2.24) is 10.2 Å². The summed E-state index contributed by atoms with van der Waals surface area (Å²) >= 11 is 0. The van der Waals surface area contributed by atoms with Gasteiger partial charge in [-0.25, -0.2) is 13.6 Å². The van der Waals surface area contributed by atoms with Gasteiger partial charge in [-0.2, -0.15) is 0 Å². The van der Waals surface area contributed by atoms with Gasteiger partial charge in [0.05, 0.1) is 13.0 Å². The van der Waals surface area contributed by atoms with Crippen molar-refractivity contribution in [2.45, 2.75) is 39.0 Å². The van der Waals surface area contributed by atoms with Crippen molar-refractivity contribution >= 4 is 12.0 Å². The Balaban J connectivity index is 1.74. The van der Waals surface area contributed by atoms with Crippen LogP contribution in [0.5, 0.6) is 0 Å². The molecule has 1 aliphatic rings. The molecule has 144 valence electrons. The normalized spacial score (nSPS) is 17.0. The Bertz CT molecular complexity index is 625. The highest BCUT2D eigenvalue weighted by molar-refractivity contribution is 5.75. The number of nitrogens with one attached hydrogen (secondary N) is 1. The van der Waals surface area contributed by atoms with Crippen LogP contribution in [0.3, 0.4) is 0 Å². The largest absolute Gasteiger partial charge is 0.466 e. The average Bonchev–Trinajstić information content (AvgIpc) is 2.63. The Labute approximate surface area is 152 Å². The molecule has 0 bridgehead atoms. The lowest BCUT2D eigenvalue weighted by molar-refractivity contribution is -0.142. The van der Waals surface area contributed by atoms with Gasteiger partial charge < -0.3 is 15.0 Å². The molecular weight excluding hydrogens is 342 g/mol. The molecule has 1 N–H and O–H groups in total. The molecule has 1 aliphatic heterocycles. The number of rotatable bonds is 7. The Hall–Kier alpha value is -2.18. The van der Waals surface area contributed by atoms with Gasteiger partial charge in [0.15, 0.2) is 11.6 Å². The molecular formula is C19H26F2N2O3. The summed E-state index contributed by atoms with van der Waals surface area (Å²) in [5.41, 5.74) is 0.764. The van der Waals surface area contributed by atoms with Crippen LogP contribution in [0.1, 0.15) is 38.2 Å². The van der Waals surface area contributed by atoms with Crippen molar-refractivity contribution in [3.63, 3.8) is 0 Å². The average molecular weight is 368 g/mol. The van der Waals surface area contributed by atoms with E-state index in [-0.39, 0.29) is 25.0 Å². The van der Waals surface area contributed by atoms with Crippen molar-refractivity contribution in [1.29, 1.82) is 0 Å². The van der Waals surface area contributed by atoms with Gasteiger partial charge in [0.25, 0.3) is 0 Å². The maximum atomic E-state index is 13.3. The zero-order valence-corrected chi connectivity index (χ0v) is 15.1. The van der Waals surface area contributed by atoms with Crippen LogP contribution in [0, 0.1) is 17.6 Å². The zero-order valence-electron chi connectivity index (χ0n) is 15.1. The van der Waals surface area contributed by atoms with Gasteiger partial charge in [-0.3, -0.25) is 4.79 Å². The molecule has 0 aliphatic carbocycles. The number of ether oxygens (including phenoxy) is 1. The number of hydrogen-bond acceptors (Lipinski definition) is 3. The number of urea groups is 1. The lowest BCUT2D eigenvalue weighted by atomic mass is 9.92. The highest BCUT2D eigenvalue weighted by atomic mass is 19.2. The molecule has 0 radical (unpaired) electrons. The lowest BCUT2D eigenvalue weighted by Gasteiger charge is -2.33. The van der Waals surface area contributed by atoms with E-state index in [0.717, 1.165) is 30.9 Å². The summed E-state index contributed by atoms with van der Waals surface area (Å²) in [6.07, 6.45) is 3.55. The van der Waals surface area contributed by atoms with E-state index in [4.69, 9.17) is 4.74 Å². The first-order valence-corrected chi connectivity index (χ1v) is 9.12. The fourth-order valence-electron chi connectivity index (χ4n) is 3.17. The number of carbonyl (C=O) groups excluding carboxylic acids is 2. The number of amides is 2. The number of carbonyl (C=O) groups is 2. The topological polar surface area (TPSA) is 58.6 Å². The highest BCUT2D eigenvalue weighted by Gasteiger charge is 2.23. The van der Waals surface area contributed by atoms with Gasteiger partial charge in [-0.1, -0.05) is 6.07 Å².